The number of hydrogen-bond acceptors (Lipinski definition) is 5. The van der Waals surface area contributed by atoms with Crippen LogP contribution in [0.25, 0.3) is 0 Å². The van der Waals surface area contributed by atoms with Gasteiger partial charge < -0.3 is 14.2 Å². The maximum absolute atomic E-state index is 12.8. The number of unbranched alkanes of at least 4 members (excludes halogenated alkanes) is 18. The molecular weight excluding hydrogens is 789 g/mol. The molecule has 0 saturated carbocycles. The molecule has 0 fully saturated rings. The molecule has 0 aliphatic heterocycles. The zero-order chi connectivity index (χ0) is 46.3. The summed E-state index contributed by atoms with van der Waals surface area (Å²) in [5, 5.41) is 0. The lowest BCUT2D eigenvalue weighted by Crippen LogP contribution is -2.30. The Kier molecular flexibility index (Phi) is 51.0. The van der Waals surface area contributed by atoms with E-state index in [2.05, 4.69) is 130 Å². The van der Waals surface area contributed by atoms with Gasteiger partial charge in [-0.25, -0.2) is 0 Å². The fourth-order valence-electron chi connectivity index (χ4n) is 6.95. The predicted octanol–water partition coefficient (Wildman–Crippen LogP) is 18.0. The van der Waals surface area contributed by atoms with Gasteiger partial charge in [0.25, 0.3) is 0 Å². The molecule has 64 heavy (non-hydrogen) atoms. The van der Waals surface area contributed by atoms with Crippen molar-refractivity contribution in [2.24, 2.45) is 0 Å². The van der Waals surface area contributed by atoms with Crippen LogP contribution in [0.2, 0.25) is 0 Å². The summed E-state index contributed by atoms with van der Waals surface area (Å²) in [5.74, 6) is -0.484. The number of allylic oxidation sites excluding steroid dienone is 18. The molecule has 0 radical (unpaired) electrons. The van der Waals surface area contributed by atoms with Crippen LogP contribution < -0.4 is 0 Å². The van der Waals surface area contributed by atoms with Crippen molar-refractivity contribution in [1.29, 1.82) is 0 Å². The molecule has 0 spiro atoms. The first-order chi connectivity index (χ1) is 31.6. The monoisotopic (exact) mass is 887 g/mol. The number of esters is 2. The Hall–Kier alpha value is -3.44. The molecule has 1 atom stereocenters. The summed E-state index contributed by atoms with van der Waals surface area (Å²) in [7, 11) is 0. The van der Waals surface area contributed by atoms with Gasteiger partial charge in [0.2, 0.25) is 0 Å². The molecule has 5 heteroatoms. The lowest BCUT2D eigenvalue weighted by Gasteiger charge is -2.18. The average Bonchev–Trinajstić information content (AvgIpc) is 3.30. The minimum absolute atomic E-state index is 0.0386. The van der Waals surface area contributed by atoms with Crippen molar-refractivity contribution in [3.05, 3.63) is 109 Å². The Morgan fingerprint density at radius 3 is 1.16 bits per heavy atom. The van der Waals surface area contributed by atoms with Crippen LogP contribution in [0.4, 0.5) is 0 Å². The second kappa shape index (κ2) is 53.9. The molecule has 364 valence electrons. The summed E-state index contributed by atoms with van der Waals surface area (Å²) < 4.78 is 17.3. The van der Waals surface area contributed by atoms with Crippen molar-refractivity contribution in [2.45, 2.75) is 232 Å². The highest BCUT2D eigenvalue weighted by Crippen LogP contribution is 2.15. The molecule has 0 bridgehead atoms. The van der Waals surface area contributed by atoms with Crippen LogP contribution in [-0.4, -0.2) is 37.9 Å². The molecule has 0 rings (SSSR count). The molecule has 0 aromatic rings. The van der Waals surface area contributed by atoms with Gasteiger partial charge in [-0.2, -0.15) is 0 Å². The molecule has 0 N–H and O–H groups in total. The van der Waals surface area contributed by atoms with Crippen molar-refractivity contribution in [1.82, 2.24) is 0 Å². The Labute approximate surface area is 395 Å². The number of hydrogen-bond donors (Lipinski definition) is 0. The van der Waals surface area contributed by atoms with Crippen molar-refractivity contribution in [2.75, 3.05) is 19.8 Å². The topological polar surface area (TPSA) is 61.8 Å². The molecule has 0 aromatic heterocycles. The summed E-state index contributed by atoms with van der Waals surface area (Å²) >= 11 is 0. The fourth-order valence-corrected chi connectivity index (χ4v) is 6.95. The van der Waals surface area contributed by atoms with E-state index in [1.165, 1.54) is 77.0 Å². The van der Waals surface area contributed by atoms with Crippen molar-refractivity contribution in [3.8, 4) is 0 Å². The van der Waals surface area contributed by atoms with E-state index >= 15 is 0 Å². The van der Waals surface area contributed by atoms with Gasteiger partial charge in [0.05, 0.1) is 6.61 Å². The quantitative estimate of drug-likeness (QED) is 0.0346. The normalized spacial score (nSPS) is 13.1. The molecule has 0 saturated heterocycles. The first-order valence-corrected chi connectivity index (χ1v) is 26.4. The van der Waals surface area contributed by atoms with Gasteiger partial charge >= 0.3 is 11.9 Å². The number of carbonyl (C=O) groups is 2. The Morgan fingerprint density at radius 2 is 0.719 bits per heavy atom. The van der Waals surface area contributed by atoms with Gasteiger partial charge in [-0.1, -0.05) is 226 Å². The summed E-state index contributed by atoms with van der Waals surface area (Å²) in [6.07, 6.45) is 73.9. The lowest BCUT2D eigenvalue weighted by molar-refractivity contribution is -0.163. The van der Waals surface area contributed by atoms with Crippen molar-refractivity contribution < 1.29 is 23.8 Å². The molecule has 0 aromatic carbocycles. The Balaban J connectivity index is 4.43. The van der Waals surface area contributed by atoms with E-state index < -0.39 is 6.10 Å². The average molecular weight is 887 g/mol. The van der Waals surface area contributed by atoms with Crippen LogP contribution in [0.1, 0.15) is 226 Å². The SMILES string of the molecule is CC/C=C\C/C=C\C/C=C\C/C=C\C/C=C\CCCC(=O)OCC(COCCCCC/C=C\C/C=C\C/C=C\C/C=C\CC)OC(=O)CCCCCCCCCCCCCCCCC. The maximum atomic E-state index is 12.8. The van der Waals surface area contributed by atoms with Crippen molar-refractivity contribution >= 4 is 11.9 Å². The van der Waals surface area contributed by atoms with E-state index in [-0.39, 0.29) is 25.2 Å². The molecular formula is C59H98O5. The van der Waals surface area contributed by atoms with Gasteiger partial charge in [-0.05, 0) is 96.3 Å². The van der Waals surface area contributed by atoms with Crippen LogP contribution in [0.3, 0.4) is 0 Å². The van der Waals surface area contributed by atoms with Gasteiger partial charge in [-0.3, -0.25) is 9.59 Å². The molecule has 0 heterocycles. The zero-order valence-corrected chi connectivity index (χ0v) is 41.8. The van der Waals surface area contributed by atoms with Crippen LogP contribution in [-0.2, 0) is 23.8 Å². The summed E-state index contributed by atoms with van der Waals surface area (Å²) in [4.78, 5) is 25.4. The van der Waals surface area contributed by atoms with E-state index in [0.29, 0.717) is 19.4 Å². The maximum Gasteiger partial charge on any atom is 0.306 e. The van der Waals surface area contributed by atoms with Gasteiger partial charge in [-0.15, -0.1) is 0 Å². The molecule has 1 unspecified atom stereocenters. The Morgan fingerprint density at radius 1 is 0.359 bits per heavy atom. The van der Waals surface area contributed by atoms with Gasteiger partial charge in [0, 0.05) is 19.4 Å². The van der Waals surface area contributed by atoms with E-state index in [1.807, 2.05) is 0 Å². The molecule has 5 nitrogen and oxygen atoms in total. The highest BCUT2D eigenvalue weighted by atomic mass is 16.6. The molecule has 0 aliphatic carbocycles. The van der Waals surface area contributed by atoms with E-state index in [4.69, 9.17) is 14.2 Å². The second-order valence-corrected chi connectivity index (χ2v) is 17.0. The van der Waals surface area contributed by atoms with Gasteiger partial charge in [0.15, 0.2) is 6.10 Å². The van der Waals surface area contributed by atoms with Crippen LogP contribution in [0.5, 0.6) is 0 Å². The molecule has 0 aliphatic rings. The number of rotatable bonds is 47. The summed E-state index contributed by atoms with van der Waals surface area (Å²) in [6, 6.07) is 0. The van der Waals surface area contributed by atoms with Crippen LogP contribution >= 0.6 is 0 Å². The van der Waals surface area contributed by atoms with Crippen LogP contribution in [0.15, 0.2) is 109 Å². The number of carbonyl (C=O) groups excluding carboxylic acids is 2. The highest BCUT2D eigenvalue weighted by Gasteiger charge is 2.17. The molecule has 0 amide bonds. The largest absolute Gasteiger partial charge is 0.462 e. The third-order valence-corrected chi connectivity index (χ3v) is 10.8. The first-order valence-electron chi connectivity index (χ1n) is 26.4. The minimum atomic E-state index is -0.580. The Bertz CT molecular complexity index is 1280. The van der Waals surface area contributed by atoms with E-state index in [9.17, 15) is 9.59 Å². The standard InChI is InChI=1S/C59H98O5/c1-4-7-10-13-16-19-22-25-28-30-32-34-37-40-43-46-49-52-58(60)63-56-57(55-62-54-51-48-45-42-39-36-33-29-26-23-20-17-14-11-8-5-2)64-59(61)53-50-47-44-41-38-35-31-27-24-21-18-15-12-9-6-3/h7-8,10-11,16-17,19-20,25-26,28-29,32,34,36,39-40,43,57H,4-6,9,12-15,18,21-24,27,30-31,33,35,37-38,41-42,44-56H2,1-3H3/b10-7-,11-8-,19-16-,20-17-,28-25-,29-26-,34-32-,39-36-,43-40-. The summed E-state index contributed by atoms with van der Waals surface area (Å²) in [6.45, 7) is 7.47. The predicted molar refractivity (Wildman–Crippen MR) is 279 cm³/mol. The van der Waals surface area contributed by atoms with Crippen molar-refractivity contribution in [3.63, 3.8) is 0 Å². The smallest absolute Gasteiger partial charge is 0.306 e. The second-order valence-electron chi connectivity index (χ2n) is 17.0. The minimum Gasteiger partial charge on any atom is -0.462 e. The zero-order valence-electron chi connectivity index (χ0n) is 41.8. The fraction of sp³-hybridized carbons (Fsp3) is 0.661. The summed E-state index contributed by atoms with van der Waals surface area (Å²) in [5.41, 5.74) is 0. The lowest BCUT2D eigenvalue weighted by atomic mass is 10.0. The van der Waals surface area contributed by atoms with Crippen LogP contribution in [0, 0.1) is 0 Å². The third kappa shape index (κ3) is 51.2. The van der Waals surface area contributed by atoms with E-state index in [0.717, 1.165) is 116 Å². The third-order valence-electron chi connectivity index (χ3n) is 10.8. The van der Waals surface area contributed by atoms with Gasteiger partial charge in [0.1, 0.15) is 6.61 Å². The highest BCUT2D eigenvalue weighted by molar-refractivity contribution is 5.70. The van der Waals surface area contributed by atoms with E-state index in [1.54, 1.807) is 0 Å². The number of ether oxygens (including phenoxy) is 3. The first kappa shape index (κ1) is 60.6.